The second-order valence-corrected chi connectivity index (χ2v) is 8.63. The highest BCUT2D eigenvalue weighted by Gasteiger charge is 2.24. The Balaban J connectivity index is 1.80. The maximum atomic E-state index is 6.12. The van der Waals surface area contributed by atoms with Gasteiger partial charge in [0, 0.05) is 16.1 Å². The summed E-state index contributed by atoms with van der Waals surface area (Å²) in [6.45, 7) is 2.73. The minimum Gasteiger partial charge on any atom is -0.497 e. The van der Waals surface area contributed by atoms with Crippen LogP contribution < -0.4 is 4.74 Å². The lowest BCUT2D eigenvalue weighted by atomic mass is 10.0. The zero-order valence-electron chi connectivity index (χ0n) is 16.3. The highest BCUT2D eigenvalue weighted by Crippen LogP contribution is 2.36. The van der Waals surface area contributed by atoms with Gasteiger partial charge in [-0.25, -0.2) is 10.0 Å². The number of benzene rings is 2. The fourth-order valence-electron chi connectivity index (χ4n) is 3.13. The van der Waals surface area contributed by atoms with Gasteiger partial charge in [0.25, 0.3) is 0 Å². The monoisotopic (exact) mass is 441 g/mol. The summed E-state index contributed by atoms with van der Waals surface area (Å²) in [7, 11) is 1.67. The molecule has 0 radical (unpaired) electrons. The van der Waals surface area contributed by atoms with Crippen LogP contribution in [-0.2, 0) is 6.54 Å². The summed E-state index contributed by atoms with van der Waals surface area (Å²) >= 11 is 9.36. The van der Waals surface area contributed by atoms with Crippen LogP contribution in [0.3, 0.4) is 0 Å². The molecule has 0 bridgehead atoms. The molecule has 1 aliphatic heterocycles. The minimum absolute atomic E-state index is 0.620. The standard InChI is InChI=1S/C22H20ClN3OS2/c1-14-13-29-21-19(14)20(16-6-8-17(23)9-7-16)25-26(22(24-21)28-3)12-15-4-10-18(27-2)11-5-15/h4-11,13H,12H2,1-3H3. The molecule has 0 saturated heterocycles. The van der Waals surface area contributed by atoms with Gasteiger partial charge < -0.3 is 4.74 Å². The van der Waals surface area contributed by atoms with E-state index >= 15 is 0 Å². The fraction of sp³-hybridized carbons (Fsp3) is 0.182. The normalized spacial score (nSPS) is 13.4. The lowest BCUT2D eigenvalue weighted by molar-refractivity contribution is 0.413. The molecule has 29 heavy (non-hydrogen) atoms. The van der Waals surface area contributed by atoms with Gasteiger partial charge in [0.15, 0.2) is 5.17 Å². The Morgan fingerprint density at radius 3 is 2.48 bits per heavy atom. The van der Waals surface area contributed by atoms with Crippen molar-refractivity contribution in [2.24, 2.45) is 10.1 Å². The van der Waals surface area contributed by atoms with Crippen molar-refractivity contribution in [3.05, 3.63) is 81.2 Å². The molecule has 0 spiro atoms. The summed E-state index contributed by atoms with van der Waals surface area (Å²) in [5.41, 5.74) is 5.33. The number of methoxy groups -OCH3 is 1. The number of aryl methyl sites for hydroxylation is 1. The van der Waals surface area contributed by atoms with Crippen molar-refractivity contribution in [3.63, 3.8) is 0 Å². The largest absolute Gasteiger partial charge is 0.497 e. The molecule has 3 aromatic rings. The highest BCUT2D eigenvalue weighted by molar-refractivity contribution is 8.13. The second kappa shape index (κ2) is 8.61. The van der Waals surface area contributed by atoms with Gasteiger partial charge in [-0.3, -0.25) is 0 Å². The number of fused-ring (bicyclic) bond motifs is 1. The van der Waals surface area contributed by atoms with Crippen LogP contribution in [0.25, 0.3) is 0 Å². The van der Waals surface area contributed by atoms with Crippen molar-refractivity contribution in [1.29, 1.82) is 0 Å². The SMILES string of the molecule is COc1ccc(CN2N=C(c3ccc(Cl)cc3)c3c(C)csc3N=C2SC)cc1. The zero-order chi connectivity index (χ0) is 20.4. The van der Waals surface area contributed by atoms with E-state index in [1.807, 2.05) is 47.7 Å². The third-order valence-electron chi connectivity index (χ3n) is 4.62. The molecular formula is C22H20ClN3OS2. The molecule has 148 valence electrons. The van der Waals surface area contributed by atoms with Crippen LogP contribution in [0.5, 0.6) is 5.75 Å². The van der Waals surface area contributed by atoms with Crippen molar-refractivity contribution in [1.82, 2.24) is 5.01 Å². The number of aliphatic imine (C=N–C) groups is 1. The molecule has 2 aromatic carbocycles. The summed E-state index contributed by atoms with van der Waals surface area (Å²) in [4.78, 5) is 4.94. The van der Waals surface area contributed by atoms with Crippen LogP contribution in [0.15, 0.2) is 64.0 Å². The minimum atomic E-state index is 0.620. The number of halogens is 1. The van der Waals surface area contributed by atoms with E-state index < -0.39 is 0 Å². The Labute approximate surface area is 183 Å². The van der Waals surface area contributed by atoms with Crippen molar-refractivity contribution >= 4 is 50.6 Å². The van der Waals surface area contributed by atoms with E-state index in [-0.39, 0.29) is 0 Å². The highest BCUT2D eigenvalue weighted by atomic mass is 35.5. The maximum absolute atomic E-state index is 6.12. The molecule has 4 rings (SSSR count). The van der Waals surface area contributed by atoms with Gasteiger partial charge in [0.2, 0.25) is 0 Å². The van der Waals surface area contributed by atoms with Crippen LogP contribution in [0.1, 0.15) is 22.3 Å². The number of hydrogen-bond acceptors (Lipinski definition) is 6. The average Bonchev–Trinajstić information content (AvgIpc) is 3.02. The summed E-state index contributed by atoms with van der Waals surface area (Å²) in [5, 5.41) is 11.7. The van der Waals surface area contributed by atoms with Crippen LogP contribution in [0, 0.1) is 6.92 Å². The van der Waals surface area contributed by atoms with Crippen molar-refractivity contribution in [2.75, 3.05) is 13.4 Å². The molecule has 0 N–H and O–H groups in total. The number of nitrogens with zero attached hydrogens (tertiary/aromatic N) is 3. The Morgan fingerprint density at radius 2 is 1.83 bits per heavy atom. The first-order valence-electron chi connectivity index (χ1n) is 9.05. The van der Waals surface area contributed by atoms with Gasteiger partial charge in [-0.2, -0.15) is 5.10 Å². The first kappa shape index (κ1) is 20.0. The maximum Gasteiger partial charge on any atom is 0.185 e. The lowest BCUT2D eigenvalue weighted by Gasteiger charge is -2.20. The number of hydrazone groups is 1. The molecule has 0 atom stereocenters. The lowest BCUT2D eigenvalue weighted by Crippen LogP contribution is -2.24. The molecular weight excluding hydrogens is 422 g/mol. The molecule has 2 heterocycles. The Kier molecular flexibility index (Phi) is 5.94. The second-order valence-electron chi connectivity index (χ2n) is 6.56. The van der Waals surface area contributed by atoms with E-state index in [2.05, 4.69) is 24.4 Å². The Bertz CT molecular complexity index is 1070. The summed E-state index contributed by atoms with van der Waals surface area (Å²) in [6, 6.07) is 15.9. The van der Waals surface area contributed by atoms with Crippen molar-refractivity contribution < 1.29 is 4.74 Å². The smallest absolute Gasteiger partial charge is 0.185 e. The van der Waals surface area contributed by atoms with Crippen molar-refractivity contribution in [3.8, 4) is 5.75 Å². The van der Waals surface area contributed by atoms with Crippen LogP contribution in [0.4, 0.5) is 5.00 Å². The van der Waals surface area contributed by atoms with E-state index in [0.717, 1.165) is 38.3 Å². The van der Waals surface area contributed by atoms with E-state index in [1.54, 1.807) is 30.2 Å². The molecule has 4 nitrogen and oxygen atoms in total. The summed E-state index contributed by atoms with van der Waals surface area (Å²) in [6.07, 6.45) is 2.03. The van der Waals surface area contributed by atoms with Crippen molar-refractivity contribution in [2.45, 2.75) is 13.5 Å². The quantitative estimate of drug-likeness (QED) is 0.474. The zero-order valence-corrected chi connectivity index (χ0v) is 18.7. The van der Waals surface area contributed by atoms with Gasteiger partial charge >= 0.3 is 0 Å². The van der Waals surface area contributed by atoms with E-state index in [1.165, 1.54) is 5.56 Å². The van der Waals surface area contributed by atoms with Gasteiger partial charge in [-0.05, 0) is 54.0 Å². The molecule has 0 amide bonds. The molecule has 1 aliphatic rings. The first-order chi connectivity index (χ1) is 14.1. The molecule has 0 aliphatic carbocycles. The van der Waals surface area contributed by atoms with Crippen LogP contribution in [0.2, 0.25) is 5.02 Å². The Hall–Kier alpha value is -2.28. The van der Waals surface area contributed by atoms with Crippen LogP contribution in [-0.4, -0.2) is 29.3 Å². The molecule has 0 fully saturated rings. The number of rotatable bonds is 4. The van der Waals surface area contributed by atoms with Gasteiger partial charge in [0.05, 0.1) is 13.7 Å². The van der Waals surface area contributed by atoms with E-state index in [0.29, 0.717) is 11.6 Å². The van der Waals surface area contributed by atoms with Gasteiger partial charge in [-0.1, -0.05) is 47.6 Å². The average molecular weight is 442 g/mol. The van der Waals surface area contributed by atoms with Gasteiger partial charge in [0.1, 0.15) is 16.5 Å². The van der Waals surface area contributed by atoms with E-state index in [4.69, 9.17) is 26.4 Å². The summed E-state index contributed by atoms with van der Waals surface area (Å²) < 4.78 is 5.27. The predicted molar refractivity (Wildman–Crippen MR) is 125 cm³/mol. The molecule has 7 heteroatoms. The fourth-order valence-corrected chi connectivity index (χ4v) is 4.73. The first-order valence-corrected chi connectivity index (χ1v) is 11.5. The van der Waals surface area contributed by atoms with E-state index in [9.17, 15) is 0 Å². The summed E-state index contributed by atoms with van der Waals surface area (Å²) in [5.74, 6) is 0.839. The van der Waals surface area contributed by atoms with Gasteiger partial charge in [-0.15, -0.1) is 11.3 Å². The number of thioether (sulfide) groups is 1. The number of amidine groups is 1. The molecule has 1 aromatic heterocycles. The third-order valence-corrected chi connectivity index (χ3v) is 6.53. The molecule has 0 unspecified atom stereocenters. The number of thiophene rings is 1. The number of ether oxygens (including phenoxy) is 1. The number of hydrogen-bond donors (Lipinski definition) is 0. The Morgan fingerprint density at radius 1 is 1.10 bits per heavy atom. The molecule has 0 saturated carbocycles. The van der Waals surface area contributed by atoms with Crippen LogP contribution >= 0.6 is 34.7 Å². The topological polar surface area (TPSA) is 37.2 Å². The predicted octanol–water partition coefficient (Wildman–Crippen LogP) is 6.34. The third kappa shape index (κ3) is 4.20.